The van der Waals surface area contributed by atoms with Crippen LogP contribution in [0.4, 0.5) is 0 Å². The molecular formula is C79H151NO8. The molecule has 9 nitrogen and oxygen atoms in total. The summed E-state index contributed by atoms with van der Waals surface area (Å²) in [6, 6.07) is -0.719. The Hall–Kier alpha value is -1.59. The van der Waals surface area contributed by atoms with Gasteiger partial charge in [-0.1, -0.05) is 384 Å². The van der Waals surface area contributed by atoms with Crippen molar-refractivity contribution in [3.63, 3.8) is 0 Å². The van der Waals surface area contributed by atoms with Gasteiger partial charge >= 0.3 is 0 Å². The van der Waals surface area contributed by atoms with Crippen LogP contribution in [0.3, 0.4) is 0 Å². The fraction of sp³-hybridized carbons (Fsp3) is 0.911. The molecule has 520 valence electrons. The summed E-state index contributed by atoms with van der Waals surface area (Å²) in [7, 11) is 0. The topological polar surface area (TPSA) is 149 Å². The zero-order valence-corrected chi connectivity index (χ0v) is 58.5. The first-order chi connectivity index (χ1) is 43.3. The first-order valence-electron chi connectivity index (χ1n) is 39.2. The van der Waals surface area contributed by atoms with Crippen LogP contribution < -0.4 is 5.32 Å². The van der Waals surface area contributed by atoms with Crippen molar-refractivity contribution in [2.24, 2.45) is 0 Å². The summed E-state index contributed by atoms with van der Waals surface area (Å²) in [5, 5.41) is 55.1. The molecule has 0 radical (unpaired) electrons. The Morgan fingerprint density at radius 2 is 0.670 bits per heavy atom. The van der Waals surface area contributed by atoms with E-state index in [0.717, 1.165) is 51.4 Å². The Balaban J connectivity index is 2.04. The van der Waals surface area contributed by atoms with E-state index in [0.29, 0.717) is 12.8 Å². The molecule has 6 N–H and O–H groups in total. The minimum atomic E-state index is -1.55. The van der Waals surface area contributed by atoms with E-state index in [2.05, 4.69) is 55.6 Å². The zero-order valence-electron chi connectivity index (χ0n) is 58.5. The third kappa shape index (κ3) is 56.0. The van der Waals surface area contributed by atoms with E-state index in [4.69, 9.17) is 9.47 Å². The van der Waals surface area contributed by atoms with E-state index in [-0.39, 0.29) is 12.5 Å². The van der Waals surface area contributed by atoms with Gasteiger partial charge in [-0.05, 0) is 51.4 Å². The lowest BCUT2D eigenvalue weighted by molar-refractivity contribution is -0.302. The van der Waals surface area contributed by atoms with Gasteiger partial charge in [-0.15, -0.1) is 0 Å². The first kappa shape index (κ1) is 84.4. The number of hydrogen-bond donors (Lipinski definition) is 6. The summed E-state index contributed by atoms with van der Waals surface area (Å²) in [4.78, 5) is 13.2. The summed E-state index contributed by atoms with van der Waals surface area (Å²) in [6.07, 6.45) is 85.3. The van der Waals surface area contributed by atoms with Crippen LogP contribution in [0.15, 0.2) is 36.5 Å². The highest BCUT2D eigenvalue weighted by molar-refractivity contribution is 5.76. The summed E-state index contributed by atoms with van der Waals surface area (Å²) in [5.41, 5.74) is 0. The molecule has 1 aliphatic rings. The van der Waals surface area contributed by atoms with Crippen LogP contribution in [0.25, 0.3) is 0 Å². The van der Waals surface area contributed by atoms with Crippen molar-refractivity contribution in [1.82, 2.24) is 5.32 Å². The van der Waals surface area contributed by atoms with Gasteiger partial charge in [0, 0.05) is 6.42 Å². The van der Waals surface area contributed by atoms with Gasteiger partial charge in [0.15, 0.2) is 6.29 Å². The molecule has 0 aromatic heterocycles. The summed E-state index contributed by atoms with van der Waals surface area (Å²) >= 11 is 0. The van der Waals surface area contributed by atoms with Crippen molar-refractivity contribution < 1.29 is 39.8 Å². The second-order valence-corrected chi connectivity index (χ2v) is 27.5. The first-order valence-corrected chi connectivity index (χ1v) is 39.2. The van der Waals surface area contributed by atoms with Crippen LogP contribution in [0, 0.1) is 0 Å². The molecule has 0 aliphatic carbocycles. The number of nitrogens with one attached hydrogen (secondary N) is 1. The molecule has 1 heterocycles. The molecule has 1 fully saturated rings. The van der Waals surface area contributed by atoms with Gasteiger partial charge in [0.25, 0.3) is 0 Å². The van der Waals surface area contributed by atoms with Gasteiger partial charge in [-0.2, -0.15) is 0 Å². The number of unbranched alkanes of at least 4 members (excludes halogenated alkanes) is 54. The lowest BCUT2D eigenvalue weighted by Crippen LogP contribution is -2.60. The predicted octanol–water partition coefficient (Wildman–Crippen LogP) is 22.2. The summed E-state index contributed by atoms with van der Waals surface area (Å²) < 4.78 is 11.4. The summed E-state index contributed by atoms with van der Waals surface area (Å²) in [6.45, 7) is 3.89. The Morgan fingerprint density at radius 1 is 0.386 bits per heavy atom. The number of rotatable bonds is 70. The van der Waals surface area contributed by atoms with Crippen molar-refractivity contribution in [3.8, 4) is 0 Å². The predicted molar refractivity (Wildman–Crippen MR) is 378 cm³/mol. The van der Waals surface area contributed by atoms with E-state index in [1.54, 1.807) is 0 Å². The Bertz CT molecular complexity index is 1490. The monoisotopic (exact) mass is 1240 g/mol. The molecular weight excluding hydrogens is 1090 g/mol. The number of aliphatic hydroxyl groups is 5. The fourth-order valence-corrected chi connectivity index (χ4v) is 12.9. The van der Waals surface area contributed by atoms with E-state index < -0.39 is 49.5 Å². The second kappa shape index (κ2) is 68.3. The lowest BCUT2D eigenvalue weighted by atomic mass is 9.99. The molecule has 0 aromatic rings. The van der Waals surface area contributed by atoms with Crippen LogP contribution in [0.2, 0.25) is 0 Å². The Kier molecular flexibility index (Phi) is 65.5. The van der Waals surface area contributed by atoms with Gasteiger partial charge in [-0.25, -0.2) is 0 Å². The third-order valence-corrected chi connectivity index (χ3v) is 19.0. The lowest BCUT2D eigenvalue weighted by Gasteiger charge is -2.40. The molecule has 7 unspecified atom stereocenters. The van der Waals surface area contributed by atoms with E-state index in [9.17, 15) is 30.3 Å². The quantitative estimate of drug-likeness (QED) is 0.0261. The van der Waals surface area contributed by atoms with Crippen molar-refractivity contribution >= 4 is 5.91 Å². The standard InChI is InChI=1S/C79H151NO8/c1-3-5-7-9-11-13-15-17-19-21-23-25-27-29-31-32-33-34-35-36-37-38-39-40-41-42-43-45-47-49-51-53-55-57-59-61-63-65-67-69-75(83)80-72(71-87-79-78(86)77(85)76(84)74(70-81)88-79)73(82)68-66-64-62-60-58-56-54-52-50-48-46-44-30-28-26-24-22-20-18-16-14-12-10-8-6-4-2/h15,17,21,23,27,29,72-74,76-79,81-82,84-86H,3-14,16,18-20,22,24-26,28,30-71H2,1-2H3,(H,80,83)/b17-15-,23-21-,29-27-. The number of hydrogen-bond acceptors (Lipinski definition) is 8. The highest BCUT2D eigenvalue weighted by Gasteiger charge is 2.44. The fourth-order valence-electron chi connectivity index (χ4n) is 12.9. The van der Waals surface area contributed by atoms with Gasteiger partial charge in [0.1, 0.15) is 24.4 Å². The Morgan fingerprint density at radius 3 is 0.989 bits per heavy atom. The number of allylic oxidation sites excluding steroid dienone is 6. The maximum absolute atomic E-state index is 13.2. The van der Waals surface area contributed by atoms with Crippen LogP contribution in [0.1, 0.15) is 406 Å². The number of aliphatic hydroxyl groups excluding tert-OH is 5. The SMILES string of the molecule is CCCCCCC/C=C\C/C=C\C/C=C\CCCCCCCCCCCCCCCCCCCCCCCCCCC(=O)NC(COC1OC(CO)C(O)C(O)C1O)C(O)CCCCCCCCCCCCCCCCCCCCCCCCCCCC. The number of carbonyl (C=O) groups is 1. The second-order valence-electron chi connectivity index (χ2n) is 27.5. The molecule has 1 rings (SSSR count). The maximum atomic E-state index is 13.2. The van der Waals surface area contributed by atoms with Gasteiger partial charge in [0.2, 0.25) is 5.91 Å². The van der Waals surface area contributed by atoms with Gasteiger partial charge < -0.3 is 40.3 Å². The van der Waals surface area contributed by atoms with Crippen molar-refractivity contribution in [2.45, 2.75) is 448 Å². The smallest absolute Gasteiger partial charge is 0.220 e. The maximum Gasteiger partial charge on any atom is 0.220 e. The van der Waals surface area contributed by atoms with E-state index >= 15 is 0 Å². The molecule has 1 aliphatic heterocycles. The van der Waals surface area contributed by atoms with Crippen molar-refractivity contribution in [1.29, 1.82) is 0 Å². The molecule has 1 saturated heterocycles. The highest BCUT2D eigenvalue weighted by Crippen LogP contribution is 2.24. The van der Waals surface area contributed by atoms with Crippen LogP contribution in [-0.4, -0.2) is 87.5 Å². The zero-order chi connectivity index (χ0) is 63.5. The molecule has 0 spiro atoms. The molecule has 1 amide bonds. The average molecular weight is 1240 g/mol. The van der Waals surface area contributed by atoms with Crippen LogP contribution in [0.5, 0.6) is 0 Å². The van der Waals surface area contributed by atoms with Crippen LogP contribution in [-0.2, 0) is 14.3 Å². The van der Waals surface area contributed by atoms with Crippen molar-refractivity contribution in [3.05, 3.63) is 36.5 Å². The van der Waals surface area contributed by atoms with Crippen molar-refractivity contribution in [2.75, 3.05) is 13.2 Å². The molecule has 0 aromatic carbocycles. The molecule has 88 heavy (non-hydrogen) atoms. The molecule has 7 atom stereocenters. The minimum absolute atomic E-state index is 0.133. The molecule has 0 saturated carbocycles. The Labute approximate surface area is 546 Å². The molecule has 0 bridgehead atoms. The van der Waals surface area contributed by atoms with Crippen LogP contribution >= 0.6 is 0 Å². The number of ether oxygens (including phenoxy) is 2. The van der Waals surface area contributed by atoms with Gasteiger partial charge in [-0.3, -0.25) is 4.79 Å². The minimum Gasteiger partial charge on any atom is -0.394 e. The number of carbonyl (C=O) groups excluding carboxylic acids is 1. The van der Waals surface area contributed by atoms with E-state index in [1.807, 2.05) is 0 Å². The average Bonchev–Trinajstić information content (AvgIpc) is 3.65. The highest BCUT2D eigenvalue weighted by atomic mass is 16.7. The third-order valence-electron chi connectivity index (χ3n) is 19.0. The normalized spacial score (nSPS) is 18.0. The largest absolute Gasteiger partial charge is 0.394 e. The summed E-state index contributed by atoms with van der Waals surface area (Å²) in [5.74, 6) is -0.135. The number of amides is 1. The van der Waals surface area contributed by atoms with E-state index in [1.165, 1.54) is 327 Å². The molecule has 9 heteroatoms. The van der Waals surface area contributed by atoms with Gasteiger partial charge in [0.05, 0.1) is 25.4 Å².